The van der Waals surface area contributed by atoms with Gasteiger partial charge in [-0.15, -0.1) is 5.10 Å². The highest BCUT2D eigenvalue weighted by Gasteiger charge is 2.17. The second-order valence-corrected chi connectivity index (χ2v) is 3.48. The summed E-state index contributed by atoms with van der Waals surface area (Å²) in [6.45, 7) is 0. The van der Waals surface area contributed by atoms with Crippen molar-refractivity contribution in [2.24, 2.45) is 0 Å². The van der Waals surface area contributed by atoms with E-state index >= 15 is 0 Å². The van der Waals surface area contributed by atoms with Gasteiger partial charge < -0.3 is 9.63 Å². The first-order chi connectivity index (χ1) is 8.27. The molecule has 0 saturated heterocycles. The Labute approximate surface area is 95.1 Å². The van der Waals surface area contributed by atoms with Gasteiger partial charge in [-0.25, -0.2) is 4.79 Å². The number of benzene rings is 1. The maximum atomic E-state index is 11.2. The van der Waals surface area contributed by atoms with E-state index in [1.165, 1.54) is 10.8 Å². The van der Waals surface area contributed by atoms with Crippen LogP contribution >= 0.6 is 0 Å². The zero-order valence-corrected chi connectivity index (χ0v) is 8.57. The zero-order chi connectivity index (χ0) is 11.8. The lowest BCUT2D eigenvalue weighted by molar-refractivity contribution is 0.0687. The first-order valence-electron chi connectivity index (χ1n) is 4.89. The van der Waals surface area contributed by atoms with E-state index in [1.54, 1.807) is 6.07 Å². The Hall–Kier alpha value is -2.63. The molecule has 0 unspecified atom stereocenters. The first-order valence-corrected chi connectivity index (χ1v) is 4.89. The molecule has 6 nitrogen and oxygen atoms in total. The van der Waals surface area contributed by atoms with Crippen LogP contribution in [0.3, 0.4) is 0 Å². The fourth-order valence-corrected chi connectivity index (χ4v) is 1.81. The molecular formula is C11H7N3O3. The molecule has 3 aromatic rings. The van der Waals surface area contributed by atoms with Gasteiger partial charge in [0.1, 0.15) is 11.9 Å². The minimum absolute atomic E-state index is 0.116. The van der Waals surface area contributed by atoms with Crippen molar-refractivity contribution in [1.29, 1.82) is 0 Å². The van der Waals surface area contributed by atoms with Crippen LogP contribution in [-0.4, -0.2) is 26.0 Å². The Balaban J connectivity index is 2.40. The molecule has 0 aliphatic rings. The minimum atomic E-state index is -1.03. The van der Waals surface area contributed by atoms with E-state index in [9.17, 15) is 4.79 Å². The molecule has 1 N–H and O–H groups in total. The van der Waals surface area contributed by atoms with E-state index < -0.39 is 5.97 Å². The molecule has 0 saturated carbocycles. The summed E-state index contributed by atoms with van der Waals surface area (Å²) in [6, 6.07) is 8.90. The number of aromatic carboxylic acids is 1. The van der Waals surface area contributed by atoms with Crippen LogP contribution in [0.2, 0.25) is 0 Å². The predicted octanol–water partition coefficient (Wildman–Crippen LogP) is 1.71. The summed E-state index contributed by atoms with van der Waals surface area (Å²) in [5, 5.41) is 16.9. The largest absolute Gasteiger partial charge is 0.477 e. The van der Waals surface area contributed by atoms with Gasteiger partial charge in [-0.2, -0.15) is 0 Å². The van der Waals surface area contributed by atoms with E-state index in [4.69, 9.17) is 9.63 Å². The maximum Gasteiger partial charge on any atom is 0.353 e. The molecule has 6 heteroatoms. The number of carboxylic acids is 1. The average Bonchev–Trinajstić information content (AvgIpc) is 2.94. The number of carbonyl (C=O) groups is 1. The number of nitrogens with zero attached hydrogens (tertiary/aromatic N) is 3. The highest BCUT2D eigenvalue weighted by molar-refractivity contribution is 5.95. The normalized spacial score (nSPS) is 10.8. The topological polar surface area (TPSA) is 81.1 Å². The van der Waals surface area contributed by atoms with Crippen molar-refractivity contribution in [3.05, 3.63) is 42.2 Å². The number of rotatable bonds is 2. The molecule has 2 aromatic heterocycles. The van der Waals surface area contributed by atoms with Gasteiger partial charge in [0.15, 0.2) is 0 Å². The van der Waals surface area contributed by atoms with E-state index in [0.29, 0.717) is 0 Å². The summed E-state index contributed by atoms with van der Waals surface area (Å²) in [5.74, 6) is -0.749. The number of para-hydroxylation sites is 1. The van der Waals surface area contributed by atoms with Crippen molar-refractivity contribution in [2.75, 3.05) is 0 Å². The summed E-state index contributed by atoms with van der Waals surface area (Å²) in [5.41, 5.74) is 0.855. The second-order valence-electron chi connectivity index (χ2n) is 3.48. The minimum Gasteiger partial charge on any atom is -0.477 e. The maximum absolute atomic E-state index is 11.2. The zero-order valence-electron chi connectivity index (χ0n) is 8.57. The number of hydrogen-bond acceptors (Lipinski definition) is 4. The predicted molar refractivity (Wildman–Crippen MR) is 58.1 cm³/mol. The molecule has 0 radical (unpaired) electrons. The summed E-state index contributed by atoms with van der Waals surface area (Å²) in [4.78, 5) is 11.2. The van der Waals surface area contributed by atoms with Gasteiger partial charge in [-0.3, -0.25) is 4.57 Å². The van der Waals surface area contributed by atoms with E-state index in [1.807, 2.05) is 24.3 Å². The summed E-state index contributed by atoms with van der Waals surface area (Å²) in [7, 11) is 0. The lowest BCUT2D eigenvalue weighted by Crippen LogP contribution is -2.05. The number of fused-ring (bicyclic) bond motifs is 1. The number of hydrogen-bond donors (Lipinski definition) is 1. The third kappa shape index (κ3) is 1.38. The summed E-state index contributed by atoms with van der Waals surface area (Å²) in [6.07, 6.45) is 1.37. The van der Waals surface area contributed by atoms with Crippen LogP contribution in [0.4, 0.5) is 0 Å². The van der Waals surface area contributed by atoms with E-state index in [0.717, 1.165) is 10.9 Å². The van der Waals surface area contributed by atoms with Crippen LogP contribution in [-0.2, 0) is 0 Å². The molecule has 0 amide bonds. The van der Waals surface area contributed by atoms with Crippen LogP contribution in [0.25, 0.3) is 16.8 Å². The molecule has 1 aromatic carbocycles. The highest BCUT2D eigenvalue weighted by atomic mass is 16.5. The molecule has 84 valence electrons. The first kappa shape index (κ1) is 9.59. The van der Waals surface area contributed by atoms with Crippen LogP contribution in [0.15, 0.2) is 41.1 Å². The van der Waals surface area contributed by atoms with Gasteiger partial charge in [0.2, 0.25) is 0 Å². The van der Waals surface area contributed by atoms with Crippen LogP contribution < -0.4 is 0 Å². The number of aromatic nitrogens is 3. The lowest BCUT2D eigenvalue weighted by Gasteiger charge is -2.01. The summed E-state index contributed by atoms with van der Waals surface area (Å²) < 4.78 is 6.39. The molecule has 0 atom stereocenters. The molecule has 0 bridgehead atoms. The molecular weight excluding hydrogens is 222 g/mol. The van der Waals surface area contributed by atoms with Crippen molar-refractivity contribution in [3.63, 3.8) is 0 Å². The molecule has 0 aliphatic heterocycles. The quantitative estimate of drug-likeness (QED) is 0.723. The second kappa shape index (κ2) is 3.44. The van der Waals surface area contributed by atoms with Crippen LogP contribution in [0.1, 0.15) is 10.5 Å². The van der Waals surface area contributed by atoms with Gasteiger partial charge in [-0.05, 0) is 12.1 Å². The van der Waals surface area contributed by atoms with Gasteiger partial charge >= 0.3 is 5.97 Å². The molecule has 2 heterocycles. The Morgan fingerprint density at radius 1 is 1.35 bits per heavy atom. The Kier molecular flexibility index (Phi) is 1.94. The van der Waals surface area contributed by atoms with Crippen molar-refractivity contribution >= 4 is 16.9 Å². The Bertz CT molecular complexity index is 685. The standard InChI is InChI=1S/C11H7N3O3/c15-11(16)9-5-7-3-1-2-4-8(7)14(9)10-6-12-13-17-10/h1-6H,(H,15,16). The van der Waals surface area contributed by atoms with Crippen molar-refractivity contribution in [1.82, 2.24) is 14.9 Å². The third-order valence-corrected chi connectivity index (χ3v) is 2.50. The fraction of sp³-hybridized carbons (Fsp3) is 0. The molecule has 0 aliphatic carbocycles. The summed E-state index contributed by atoms with van der Waals surface area (Å²) >= 11 is 0. The van der Waals surface area contributed by atoms with Gasteiger partial charge in [-0.1, -0.05) is 18.2 Å². The van der Waals surface area contributed by atoms with Gasteiger partial charge in [0.25, 0.3) is 5.88 Å². The van der Waals surface area contributed by atoms with E-state index in [-0.39, 0.29) is 11.6 Å². The average molecular weight is 229 g/mol. The lowest BCUT2D eigenvalue weighted by atomic mass is 10.2. The van der Waals surface area contributed by atoms with Crippen molar-refractivity contribution in [2.45, 2.75) is 0 Å². The fourth-order valence-electron chi connectivity index (χ4n) is 1.81. The monoisotopic (exact) mass is 229 g/mol. The number of carboxylic acid groups (broad SMARTS) is 1. The van der Waals surface area contributed by atoms with Gasteiger partial charge in [0.05, 0.1) is 5.52 Å². The molecule has 17 heavy (non-hydrogen) atoms. The third-order valence-electron chi connectivity index (χ3n) is 2.50. The van der Waals surface area contributed by atoms with Crippen molar-refractivity contribution < 1.29 is 14.4 Å². The van der Waals surface area contributed by atoms with Crippen molar-refractivity contribution in [3.8, 4) is 5.88 Å². The van der Waals surface area contributed by atoms with Gasteiger partial charge in [0, 0.05) is 10.7 Å². The smallest absolute Gasteiger partial charge is 0.353 e. The molecule has 3 rings (SSSR count). The van der Waals surface area contributed by atoms with Crippen LogP contribution in [0, 0.1) is 0 Å². The Morgan fingerprint density at radius 2 is 2.18 bits per heavy atom. The molecule has 0 spiro atoms. The van der Waals surface area contributed by atoms with E-state index in [2.05, 4.69) is 10.4 Å². The molecule has 0 fully saturated rings. The highest BCUT2D eigenvalue weighted by Crippen LogP contribution is 2.23. The van der Waals surface area contributed by atoms with Crippen LogP contribution in [0.5, 0.6) is 0 Å². The Morgan fingerprint density at radius 3 is 2.88 bits per heavy atom. The SMILES string of the molecule is O=C(O)c1cc2ccccc2n1-c1cnno1.